The number of pyridine rings is 1. The number of nitriles is 1. The summed E-state index contributed by atoms with van der Waals surface area (Å²) in [6, 6.07) is 4.18. The predicted octanol–water partition coefficient (Wildman–Crippen LogP) is 0.790. The number of imidazole rings is 1. The quantitative estimate of drug-likeness (QED) is 0.393. The fourth-order valence-electron chi connectivity index (χ4n) is 4.16. The Kier molecular flexibility index (Phi) is 5.97. The summed E-state index contributed by atoms with van der Waals surface area (Å²) >= 11 is 0. The van der Waals surface area contributed by atoms with E-state index in [1.54, 1.807) is 24.5 Å². The summed E-state index contributed by atoms with van der Waals surface area (Å²) in [4.78, 5) is 29.3. The van der Waals surface area contributed by atoms with Gasteiger partial charge in [0.15, 0.2) is 41.1 Å². The number of hydrogen-bond donors (Lipinski definition) is 2. The molecule has 3 aromatic heterocycles. The normalized spacial score (nSPS) is 24.1. The van der Waals surface area contributed by atoms with Crippen molar-refractivity contribution in [3.05, 3.63) is 42.0 Å². The standard InChI is InChI=1S/C23H21FN8O4/c1-23(2)35-16-17(21(33)27-8-4-3-5-12-6-7-13(24)14(9-25)31-12)34-22(18(16)36-23)32-11-30-15-19(26)28-10-29-20(15)32/h6-7,10-11,16-18,22H,4,8H2,1-2H3,(H,27,33)(H2,26,28,29)/t16-,17+,18-,22-/m1/s1. The Morgan fingerprint density at radius 1 is 1.28 bits per heavy atom. The highest BCUT2D eigenvalue weighted by Gasteiger charge is 2.58. The molecule has 2 fully saturated rings. The third-order valence-corrected chi connectivity index (χ3v) is 5.67. The number of fused-ring (bicyclic) bond motifs is 2. The fraction of sp³-hybridized carbons (Fsp3) is 0.391. The van der Waals surface area contributed by atoms with Gasteiger partial charge in [-0.3, -0.25) is 9.36 Å². The lowest BCUT2D eigenvalue weighted by molar-refractivity contribution is -0.197. The number of rotatable bonds is 4. The fourth-order valence-corrected chi connectivity index (χ4v) is 4.16. The van der Waals surface area contributed by atoms with Crippen molar-refractivity contribution in [2.75, 3.05) is 12.3 Å². The summed E-state index contributed by atoms with van der Waals surface area (Å²) in [5.41, 5.74) is 6.71. The minimum absolute atomic E-state index is 0.224. The van der Waals surface area contributed by atoms with Crippen LogP contribution in [-0.4, -0.2) is 61.1 Å². The van der Waals surface area contributed by atoms with E-state index in [4.69, 9.17) is 25.2 Å². The maximum Gasteiger partial charge on any atom is 0.252 e. The minimum Gasteiger partial charge on any atom is -0.382 e. The van der Waals surface area contributed by atoms with Gasteiger partial charge in [-0.25, -0.2) is 24.3 Å². The first-order chi connectivity index (χ1) is 17.3. The number of amides is 1. The van der Waals surface area contributed by atoms with Crippen molar-refractivity contribution >= 4 is 22.9 Å². The Labute approximate surface area is 204 Å². The van der Waals surface area contributed by atoms with Crippen molar-refractivity contribution in [3.63, 3.8) is 0 Å². The van der Waals surface area contributed by atoms with Crippen LogP contribution in [0.25, 0.3) is 11.2 Å². The molecule has 2 aliphatic rings. The SMILES string of the molecule is CC1(C)O[C@@H]2[C@H](O1)[C@@H](C(=O)NCCC#Cc1ccc(F)c(C#N)n1)O[C@H]2n1cnc2c(N)ncnc21. The molecule has 184 valence electrons. The van der Waals surface area contributed by atoms with Crippen molar-refractivity contribution in [1.82, 2.24) is 29.8 Å². The number of aromatic nitrogens is 5. The molecule has 0 spiro atoms. The summed E-state index contributed by atoms with van der Waals surface area (Å²) in [5, 5.41) is 11.7. The van der Waals surface area contributed by atoms with Crippen LogP contribution in [-0.2, 0) is 19.0 Å². The second-order valence-electron chi connectivity index (χ2n) is 8.58. The van der Waals surface area contributed by atoms with Crippen molar-refractivity contribution in [1.29, 1.82) is 5.26 Å². The number of carbonyl (C=O) groups excluding carboxylic acids is 1. The van der Waals surface area contributed by atoms with E-state index in [1.165, 1.54) is 18.7 Å². The van der Waals surface area contributed by atoms with Gasteiger partial charge in [0.1, 0.15) is 35.8 Å². The number of carbonyl (C=O) groups is 1. The molecule has 12 nitrogen and oxygen atoms in total. The van der Waals surface area contributed by atoms with E-state index in [1.807, 2.05) is 0 Å². The lowest BCUT2D eigenvalue weighted by Gasteiger charge is -2.24. The van der Waals surface area contributed by atoms with E-state index in [0.717, 1.165) is 6.07 Å². The van der Waals surface area contributed by atoms with E-state index in [-0.39, 0.29) is 29.7 Å². The van der Waals surface area contributed by atoms with E-state index in [0.29, 0.717) is 17.6 Å². The van der Waals surface area contributed by atoms with Crippen LogP contribution in [0.1, 0.15) is 37.9 Å². The van der Waals surface area contributed by atoms with Gasteiger partial charge >= 0.3 is 0 Å². The third-order valence-electron chi connectivity index (χ3n) is 5.67. The Morgan fingerprint density at radius 3 is 2.89 bits per heavy atom. The van der Waals surface area contributed by atoms with Crippen LogP contribution < -0.4 is 11.1 Å². The van der Waals surface area contributed by atoms with Crippen LogP contribution in [0.4, 0.5) is 10.2 Å². The molecule has 13 heteroatoms. The smallest absolute Gasteiger partial charge is 0.252 e. The van der Waals surface area contributed by atoms with Gasteiger partial charge < -0.3 is 25.3 Å². The Hall–Kier alpha value is -4.17. The monoisotopic (exact) mass is 492 g/mol. The summed E-state index contributed by atoms with van der Waals surface area (Å²) in [6.07, 6.45) is 0.189. The zero-order valence-corrected chi connectivity index (χ0v) is 19.3. The molecule has 0 saturated carbocycles. The highest BCUT2D eigenvalue weighted by Crippen LogP contribution is 2.43. The molecule has 0 radical (unpaired) electrons. The lowest BCUT2D eigenvalue weighted by Crippen LogP contribution is -2.43. The molecular formula is C23H21FN8O4. The highest BCUT2D eigenvalue weighted by atomic mass is 19.1. The summed E-state index contributed by atoms with van der Waals surface area (Å²) in [6.45, 7) is 3.75. The second kappa shape index (κ2) is 9.13. The van der Waals surface area contributed by atoms with Crippen LogP contribution in [0, 0.1) is 29.0 Å². The molecule has 3 aromatic rings. The first-order valence-electron chi connectivity index (χ1n) is 11.0. The van der Waals surface area contributed by atoms with E-state index in [9.17, 15) is 9.18 Å². The maximum atomic E-state index is 13.4. The molecule has 0 unspecified atom stereocenters. The molecule has 36 heavy (non-hydrogen) atoms. The van der Waals surface area contributed by atoms with Gasteiger partial charge in [-0.05, 0) is 31.9 Å². The topological polar surface area (TPSA) is 163 Å². The van der Waals surface area contributed by atoms with Crippen LogP contribution in [0.3, 0.4) is 0 Å². The van der Waals surface area contributed by atoms with Gasteiger partial charge in [0.05, 0.1) is 6.33 Å². The Balaban J connectivity index is 1.27. The Bertz CT molecular complexity index is 1440. The Morgan fingerprint density at radius 2 is 2.08 bits per heavy atom. The van der Waals surface area contributed by atoms with Gasteiger partial charge in [0.25, 0.3) is 5.91 Å². The predicted molar refractivity (Wildman–Crippen MR) is 121 cm³/mol. The minimum atomic E-state index is -0.955. The second-order valence-corrected chi connectivity index (χ2v) is 8.58. The number of halogens is 1. The number of nitrogens with zero attached hydrogens (tertiary/aromatic N) is 6. The number of nitrogens with two attached hydrogens (primary N) is 1. The molecular weight excluding hydrogens is 471 g/mol. The van der Waals surface area contributed by atoms with Gasteiger partial charge in [-0.2, -0.15) is 5.26 Å². The van der Waals surface area contributed by atoms with Crippen LogP contribution in [0.15, 0.2) is 24.8 Å². The molecule has 2 saturated heterocycles. The van der Waals surface area contributed by atoms with Crippen molar-refractivity contribution in [3.8, 4) is 17.9 Å². The van der Waals surface area contributed by atoms with Crippen LogP contribution in [0.2, 0.25) is 0 Å². The number of nitrogens with one attached hydrogen (secondary N) is 1. The molecule has 0 aliphatic carbocycles. The average Bonchev–Trinajstić information content (AvgIpc) is 3.51. The summed E-state index contributed by atoms with van der Waals surface area (Å²) < 4.78 is 33.2. The van der Waals surface area contributed by atoms with E-state index >= 15 is 0 Å². The first-order valence-corrected chi connectivity index (χ1v) is 11.0. The van der Waals surface area contributed by atoms with Gasteiger partial charge in [0, 0.05) is 13.0 Å². The molecule has 0 aromatic carbocycles. The van der Waals surface area contributed by atoms with Crippen molar-refractivity contribution in [2.45, 2.75) is 50.6 Å². The zero-order valence-electron chi connectivity index (χ0n) is 19.3. The maximum absolute atomic E-state index is 13.4. The average molecular weight is 492 g/mol. The molecule has 4 atom stereocenters. The molecule has 5 heterocycles. The summed E-state index contributed by atoms with van der Waals surface area (Å²) in [7, 11) is 0. The molecule has 2 aliphatic heterocycles. The lowest BCUT2D eigenvalue weighted by atomic mass is 10.1. The summed E-state index contributed by atoms with van der Waals surface area (Å²) in [5.74, 6) is 3.80. The number of nitrogen functional groups attached to an aromatic ring is 1. The molecule has 5 rings (SSSR count). The van der Waals surface area contributed by atoms with E-state index in [2.05, 4.69) is 37.1 Å². The van der Waals surface area contributed by atoms with Crippen LogP contribution >= 0.6 is 0 Å². The highest BCUT2D eigenvalue weighted by molar-refractivity contribution is 5.83. The largest absolute Gasteiger partial charge is 0.382 e. The number of anilines is 1. The van der Waals surface area contributed by atoms with Crippen LogP contribution in [0.5, 0.6) is 0 Å². The zero-order chi connectivity index (χ0) is 25.4. The van der Waals surface area contributed by atoms with Gasteiger partial charge in [-0.1, -0.05) is 5.92 Å². The number of hydrogen-bond acceptors (Lipinski definition) is 10. The van der Waals surface area contributed by atoms with Crippen molar-refractivity contribution < 1.29 is 23.4 Å². The molecule has 0 bridgehead atoms. The van der Waals surface area contributed by atoms with Gasteiger partial charge in [0.2, 0.25) is 0 Å². The third kappa shape index (κ3) is 4.31. The van der Waals surface area contributed by atoms with Crippen molar-refractivity contribution in [2.24, 2.45) is 0 Å². The van der Waals surface area contributed by atoms with Gasteiger partial charge in [-0.15, -0.1) is 0 Å². The number of ether oxygens (including phenoxy) is 3. The molecule has 3 N–H and O–H groups in total. The first kappa shape index (κ1) is 23.6. The molecule has 1 amide bonds. The van der Waals surface area contributed by atoms with E-state index < -0.39 is 36.1 Å².